The lowest BCUT2D eigenvalue weighted by Gasteiger charge is -2.33. The van der Waals surface area contributed by atoms with Gasteiger partial charge < -0.3 is 19.1 Å². The average Bonchev–Trinajstić information content (AvgIpc) is 3.33. The molecule has 4 rings (SSSR count). The predicted octanol–water partition coefficient (Wildman–Crippen LogP) is 6.95. The summed E-state index contributed by atoms with van der Waals surface area (Å²) < 4.78 is 16.7. The van der Waals surface area contributed by atoms with E-state index in [0.717, 1.165) is 11.1 Å². The Hall–Kier alpha value is -3.75. The summed E-state index contributed by atoms with van der Waals surface area (Å²) in [4.78, 5) is 34.7. The number of urea groups is 1. The summed E-state index contributed by atoms with van der Waals surface area (Å²) in [5, 5.41) is 1.15. The largest absolute Gasteiger partial charge is 0.497 e. The van der Waals surface area contributed by atoms with E-state index in [-0.39, 0.29) is 19.3 Å². The number of hydrogen-bond donors (Lipinski definition) is 0. The fourth-order valence-corrected chi connectivity index (χ4v) is 4.92. The molecule has 1 aliphatic heterocycles. The molecule has 0 spiro atoms. The Bertz CT molecular complexity index is 1410. The van der Waals surface area contributed by atoms with Crippen LogP contribution in [0.15, 0.2) is 71.7 Å². The predicted molar refractivity (Wildman–Crippen MR) is 160 cm³/mol. The third kappa shape index (κ3) is 6.94. The van der Waals surface area contributed by atoms with Gasteiger partial charge in [-0.2, -0.15) is 0 Å². The Balaban J connectivity index is 1.92. The van der Waals surface area contributed by atoms with E-state index in [2.05, 4.69) is 0 Å². The zero-order valence-corrected chi connectivity index (χ0v) is 25.1. The van der Waals surface area contributed by atoms with Gasteiger partial charge in [-0.25, -0.2) is 4.79 Å². The van der Waals surface area contributed by atoms with Crippen molar-refractivity contribution in [2.24, 2.45) is 4.99 Å². The number of nitrogens with zero attached hydrogens (tertiary/aromatic N) is 3. The number of likely N-dealkylation sites (N-methyl/N-ethyl adjacent to an activating group) is 1. The fraction of sp³-hybridized carbons (Fsp3) is 0.323. The van der Waals surface area contributed by atoms with Crippen molar-refractivity contribution in [1.29, 1.82) is 0 Å². The molecule has 216 valence electrons. The van der Waals surface area contributed by atoms with Gasteiger partial charge in [0.25, 0.3) is 0 Å². The number of ether oxygens (including phenoxy) is 3. The maximum atomic E-state index is 14.3. The summed E-state index contributed by atoms with van der Waals surface area (Å²) in [6.45, 7) is 5.54. The number of carbonyl (C=O) groups is 2. The van der Waals surface area contributed by atoms with E-state index in [9.17, 15) is 9.59 Å². The third-order valence-corrected chi connectivity index (χ3v) is 6.99. The lowest BCUT2D eigenvalue weighted by atomic mass is 9.93. The molecule has 0 fully saturated rings. The minimum atomic E-state index is -0.574. The first-order valence-corrected chi connectivity index (χ1v) is 14.0. The van der Waals surface area contributed by atoms with E-state index in [1.165, 1.54) is 4.90 Å². The Kier molecular flexibility index (Phi) is 9.78. The van der Waals surface area contributed by atoms with Crippen molar-refractivity contribution >= 4 is 41.0 Å². The molecule has 1 heterocycles. The molecule has 0 bridgehead atoms. The molecule has 0 saturated heterocycles. The molecule has 1 aliphatic rings. The normalized spacial score (nSPS) is 16.4. The molecular weight excluding hydrogens is 565 g/mol. The summed E-state index contributed by atoms with van der Waals surface area (Å²) in [5.41, 5.74) is 2.27. The van der Waals surface area contributed by atoms with Crippen molar-refractivity contribution in [3.05, 3.63) is 93.5 Å². The van der Waals surface area contributed by atoms with Gasteiger partial charge in [0.05, 0.1) is 31.4 Å². The van der Waals surface area contributed by atoms with E-state index in [1.807, 2.05) is 44.2 Å². The average molecular weight is 599 g/mol. The highest BCUT2D eigenvalue weighted by Gasteiger charge is 2.44. The number of esters is 1. The maximum absolute atomic E-state index is 14.3. The van der Waals surface area contributed by atoms with Crippen LogP contribution in [0.1, 0.15) is 49.5 Å². The Labute approximate surface area is 250 Å². The number of aliphatic imine (C=N–C) groups is 1. The van der Waals surface area contributed by atoms with Crippen LogP contribution >= 0.6 is 23.2 Å². The van der Waals surface area contributed by atoms with Crippen LogP contribution in [-0.4, -0.2) is 61.0 Å². The maximum Gasteiger partial charge on any atom is 0.326 e. The first kappa shape index (κ1) is 30.2. The minimum Gasteiger partial charge on any atom is -0.497 e. The smallest absolute Gasteiger partial charge is 0.326 e. The zero-order valence-electron chi connectivity index (χ0n) is 23.6. The monoisotopic (exact) mass is 597 g/mol. The highest BCUT2D eigenvalue weighted by molar-refractivity contribution is 6.30. The van der Waals surface area contributed by atoms with E-state index in [1.54, 1.807) is 62.4 Å². The Morgan fingerprint density at radius 1 is 0.976 bits per heavy atom. The van der Waals surface area contributed by atoms with Gasteiger partial charge >= 0.3 is 12.0 Å². The number of halogens is 2. The third-order valence-electron chi connectivity index (χ3n) is 6.49. The zero-order chi connectivity index (χ0) is 29.7. The van der Waals surface area contributed by atoms with E-state index in [0.29, 0.717) is 32.9 Å². The number of amidine groups is 1. The molecular formula is C31H33Cl2N3O5. The van der Waals surface area contributed by atoms with Gasteiger partial charge in [-0.3, -0.25) is 14.7 Å². The Morgan fingerprint density at radius 3 is 2.15 bits per heavy atom. The lowest BCUT2D eigenvalue weighted by molar-refractivity contribution is -0.143. The molecule has 0 radical (unpaired) electrons. The van der Waals surface area contributed by atoms with Crippen LogP contribution in [0.2, 0.25) is 10.0 Å². The number of carbonyl (C=O) groups excluding carboxylic acids is 2. The van der Waals surface area contributed by atoms with Gasteiger partial charge in [0.1, 0.15) is 29.9 Å². The number of rotatable bonds is 9. The quantitative estimate of drug-likeness (QED) is 0.249. The molecule has 2 unspecified atom stereocenters. The molecule has 10 heteroatoms. The van der Waals surface area contributed by atoms with Crippen LogP contribution in [0.3, 0.4) is 0 Å². The van der Waals surface area contributed by atoms with Crippen LogP contribution in [-0.2, 0) is 9.53 Å². The standard InChI is InChI=1S/C31H33Cl2N3O5/c1-6-40-27(37)18-35(4)31(38)36-29(21-9-13-23(33)14-10-21)28(20-7-11-22(32)12-8-20)34-30(36)25-16-15-24(39-5)17-26(25)41-19(2)3/h7-17,19,28-29H,6,18H2,1-5H3. The molecule has 3 aromatic rings. The molecule has 0 N–H and O–H groups in total. The van der Waals surface area contributed by atoms with Crippen LogP contribution in [0.5, 0.6) is 11.5 Å². The van der Waals surface area contributed by atoms with Crippen molar-refractivity contribution in [1.82, 2.24) is 9.80 Å². The van der Waals surface area contributed by atoms with Crippen molar-refractivity contribution < 1.29 is 23.8 Å². The first-order valence-electron chi connectivity index (χ1n) is 13.3. The number of benzene rings is 3. The van der Waals surface area contributed by atoms with Crippen LogP contribution in [0, 0.1) is 0 Å². The second kappa shape index (κ2) is 13.3. The van der Waals surface area contributed by atoms with Gasteiger partial charge in [-0.15, -0.1) is 0 Å². The molecule has 2 amide bonds. The number of methoxy groups -OCH3 is 1. The molecule has 0 aliphatic carbocycles. The van der Waals surface area contributed by atoms with E-state index in [4.69, 9.17) is 42.4 Å². The van der Waals surface area contributed by atoms with E-state index >= 15 is 0 Å². The summed E-state index contributed by atoms with van der Waals surface area (Å²) in [6, 6.07) is 18.6. The minimum absolute atomic E-state index is 0.155. The molecule has 2 atom stereocenters. The summed E-state index contributed by atoms with van der Waals surface area (Å²) in [5.74, 6) is 0.995. The van der Waals surface area contributed by atoms with Crippen molar-refractivity contribution in [3.8, 4) is 11.5 Å². The number of hydrogen-bond acceptors (Lipinski definition) is 6. The van der Waals surface area contributed by atoms with Crippen molar-refractivity contribution in [2.45, 2.75) is 39.0 Å². The lowest BCUT2D eigenvalue weighted by Crippen LogP contribution is -2.47. The first-order chi connectivity index (χ1) is 19.6. The molecule has 41 heavy (non-hydrogen) atoms. The highest BCUT2D eigenvalue weighted by Crippen LogP contribution is 2.45. The second-order valence-electron chi connectivity index (χ2n) is 9.79. The highest BCUT2D eigenvalue weighted by atomic mass is 35.5. The number of amides is 2. The Morgan fingerprint density at radius 2 is 1.59 bits per heavy atom. The van der Waals surface area contributed by atoms with Gasteiger partial charge in [0.15, 0.2) is 0 Å². The van der Waals surface area contributed by atoms with Crippen LogP contribution in [0.4, 0.5) is 4.79 Å². The molecule has 3 aromatic carbocycles. The summed E-state index contributed by atoms with van der Waals surface area (Å²) in [6.07, 6.45) is -0.155. The summed E-state index contributed by atoms with van der Waals surface area (Å²) in [7, 11) is 3.14. The SMILES string of the molecule is CCOC(=O)CN(C)C(=O)N1C(c2ccc(OC)cc2OC(C)C)=NC(c2ccc(Cl)cc2)C1c1ccc(Cl)cc1. The van der Waals surface area contributed by atoms with E-state index < -0.39 is 24.1 Å². The van der Waals surface area contributed by atoms with Crippen LogP contribution < -0.4 is 9.47 Å². The van der Waals surface area contributed by atoms with Gasteiger partial charge in [-0.1, -0.05) is 47.5 Å². The topological polar surface area (TPSA) is 80.7 Å². The molecule has 8 nitrogen and oxygen atoms in total. The van der Waals surface area contributed by atoms with Crippen molar-refractivity contribution in [3.63, 3.8) is 0 Å². The van der Waals surface area contributed by atoms with Crippen LogP contribution in [0.25, 0.3) is 0 Å². The molecule has 0 saturated carbocycles. The second-order valence-corrected chi connectivity index (χ2v) is 10.7. The summed E-state index contributed by atoms with van der Waals surface area (Å²) >= 11 is 12.4. The van der Waals surface area contributed by atoms with Crippen molar-refractivity contribution in [2.75, 3.05) is 27.3 Å². The van der Waals surface area contributed by atoms with Gasteiger partial charge in [0, 0.05) is 23.2 Å². The van der Waals surface area contributed by atoms with Gasteiger partial charge in [0.2, 0.25) is 0 Å². The molecule has 0 aromatic heterocycles. The van der Waals surface area contributed by atoms with Gasteiger partial charge in [-0.05, 0) is 68.3 Å². The fourth-order valence-electron chi connectivity index (χ4n) is 4.67.